The molecule has 162 valence electrons. The minimum atomic E-state index is 0.507. The Kier molecular flexibility index (Phi) is 7.73. The van der Waals surface area contributed by atoms with Gasteiger partial charge in [-0.15, -0.1) is 0 Å². The molecule has 2 heterocycles. The lowest BCUT2D eigenvalue weighted by Gasteiger charge is -2.27. The molecule has 0 amide bonds. The molecule has 1 N–H and O–H groups in total. The first-order valence-corrected chi connectivity index (χ1v) is 11.3. The van der Waals surface area contributed by atoms with Crippen LogP contribution < -0.4 is 10.1 Å². The molecule has 1 saturated carbocycles. The fourth-order valence-electron chi connectivity index (χ4n) is 3.85. The fourth-order valence-corrected chi connectivity index (χ4v) is 3.85. The quantitative estimate of drug-likeness (QED) is 0.501. The summed E-state index contributed by atoms with van der Waals surface area (Å²) in [4.78, 5) is 4.38. The van der Waals surface area contributed by atoms with Crippen LogP contribution in [0.4, 0.5) is 0 Å². The van der Waals surface area contributed by atoms with Crippen molar-refractivity contribution in [3.8, 4) is 5.75 Å². The van der Waals surface area contributed by atoms with Gasteiger partial charge in [0.05, 0.1) is 12.8 Å². The number of hydrogen-bond donors (Lipinski definition) is 1. The number of ether oxygens (including phenoxy) is 3. The van der Waals surface area contributed by atoms with Crippen molar-refractivity contribution >= 4 is 0 Å². The van der Waals surface area contributed by atoms with Gasteiger partial charge in [0.1, 0.15) is 12.4 Å². The summed E-state index contributed by atoms with van der Waals surface area (Å²) in [6, 6.07) is 11.2. The lowest BCUT2D eigenvalue weighted by Crippen LogP contribution is -2.46. The molecule has 5 heteroatoms. The third kappa shape index (κ3) is 6.53. The average Bonchev–Trinajstić information content (AvgIpc) is 3.50. The van der Waals surface area contributed by atoms with Crippen LogP contribution in [0.25, 0.3) is 0 Å². The van der Waals surface area contributed by atoms with Gasteiger partial charge in [-0.2, -0.15) is 0 Å². The molecular formula is C25H34N2O3. The second-order valence-electron chi connectivity index (χ2n) is 8.60. The zero-order valence-corrected chi connectivity index (χ0v) is 18.0. The van der Waals surface area contributed by atoms with Gasteiger partial charge in [-0.05, 0) is 68.2 Å². The molecule has 30 heavy (non-hydrogen) atoms. The maximum Gasteiger partial charge on any atom is 0.137 e. The third-order valence-corrected chi connectivity index (χ3v) is 6.06. The molecule has 1 aliphatic carbocycles. The smallest absolute Gasteiger partial charge is 0.137 e. The van der Waals surface area contributed by atoms with Crippen molar-refractivity contribution in [3.63, 3.8) is 0 Å². The number of nitrogens with zero attached hydrogens (tertiary/aromatic N) is 1. The van der Waals surface area contributed by atoms with E-state index < -0.39 is 0 Å². The Morgan fingerprint density at radius 2 is 1.90 bits per heavy atom. The maximum absolute atomic E-state index is 5.88. The van der Waals surface area contributed by atoms with E-state index in [4.69, 9.17) is 14.2 Å². The van der Waals surface area contributed by atoms with E-state index in [0.717, 1.165) is 51.6 Å². The van der Waals surface area contributed by atoms with Crippen LogP contribution in [-0.4, -0.2) is 44.0 Å². The molecular weight excluding hydrogens is 376 g/mol. The molecule has 1 aromatic heterocycles. The molecule has 0 spiro atoms. The van der Waals surface area contributed by atoms with Crippen LogP contribution >= 0.6 is 0 Å². The Balaban J connectivity index is 1.04. The summed E-state index contributed by atoms with van der Waals surface area (Å²) in [6.07, 6.45) is 8.31. The van der Waals surface area contributed by atoms with Crippen LogP contribution in [0.1, 0.15) is 48.3 Å². The second-order valence-corrected chi connectivity index (χ2v) is 8.60. The topological polar surface area (TPSA) is 52.6 Å². The first kappa shape index (κ1) is 21.3. The summed E-state index contributed by atoms with van der Waals surface area (Å²) >= 11 is 0. The summed E-state index contributed by atoms with van der Waals surface area (Å²) < 4.78 is 17.4. The highest BCUT2D eigenvalue weighted by Crippen LogP contribution is 2.49. The highest BCUT2D eigenvalue weighted by Gasteiger charge is 2.38. The highest BCUT2D eigenvalue weighted by molar-refractivity contribution is 5.30. The van der Waals surface area contributed by atoms with Gasteiger partial charge in [0, 0.05) is 32.1 Å². The van der Waals surface area contributed by atoms with Crippen molar-refractivity contribution in [2.45, 2.75) is 51.2 Å². The standard InChI is InChI=1S/C25H34N2O3/c1-19-3-5-20(6-4-19)17-29-11-2-10-28-12-8-21-14-25(21)22-13-24(16-26-15-22)30-18-23-7-9-27-23/h3-6,13,15-16,21,23,25,27H,2,7-12,14,17-18H2,1H3/t21-,23+,25+/m1/s1. The number of rotatable bonds is 13. The van der Waals surface area contributed by atoms with Gasteiger partial charge < -0.3 is 19.5 Å². The lowest BCUT2D eigenvalue weighted by molar-refractivity contribution is 0.0735. The van der Waals surface area contributed by atoms with Crippen molar-refractivity contribution in [1.29, 1.82) is 0 Å². The van der Waals surface area contributed by atoms with Crippen molar-refractivity contribution in [1.82, 2.24) is 10.3 Å². The molecule has 0 radical (unpaired) electrons. The first-order chi connectivity index (χ1) is 14.8. The van der Waals surface area contributed by atoms with Crippen molar-refractivity contribution in [2.24, 2.45) is 5.92 Å². The zero-order chi connectivity index (χ0) is 20.6. The average molecular weight is 411 g/mol. The van der Waals surface area contributed by atoms with Crippen LogP contribution in [0.15, 0.2) is 42.7 Å². The lowest BCUT2D eigenvalue weighted by atomic mass is 10.1. The van der Waals surface area contributed by atoms with Crippen molar-refractivity contribution < 1.29 is 14.2 Å². The van der Waals surface area contributed by atoms with E-state index >= 15 is 0 Å². The summed E-state index contributed by atoms with van der Waals surface area (Å²) in [5, 5.41) is 3.36. The normalized spacial score (nSPS) is 22.5. The van der Waals surface area contributed by atoms with Gasteiger partial charge in [0.15, 0.2) is 0 Å². The summed E-state index contributed by atoms with van der Waals surface area (Å²) in [6.45, 7) is 6.97. The van der Waals surface area contributed by atoms with E-state index in [2.05, 4.69) is 47.6 Å². The molecule has 1 aliphatic heterocycles. The number of aryl methyl sites for hydroxylation is 1. The van der Waals surface area contributed by atoms with Gasteiger partial charge >= 0.3 is 0 Å². The number of aromatic nitrogens is 1. The SMILES string of the molecule is Cc1ccc(COCCCOCC[C@@H]2C[C@@H]2c2cncc(OC[C@@H]3CCN3)c2)cc1. The second kappa shape index (κ2) is 10.9. The van der Waals surface area contributed by atoms with Gasteiger partial charge in [-0.3, -0.25) is 4.98 Å². The van der Waals surface area contributed by atoms with Crippen molar-refractivity contribution in [3.05, 3.63) is 59.4 Å². The monoisotopic (exact) mass is 410 g/mol. The van der Waals surface area contributed by atoms with Crippen LogP contribution in [0.2, 0.25) is 0 Å². The number of nitrogens with one attached hydrogen (secondary N) is 1. The van der Waals surface area contributed by atoms with Crippen LogP contribution in [0.3, 0.4) is 0 Å². The van der Waals surface area contributed by atoms with Gasteiger partial charge in [0.25, 0.3) is 0 Å². The molecule has 2 aliphatic rings. The molecule has 2 aromatic rings. The van der Waals surface area contributed by atoms with Gasteiger partial charge in [-0.25, -0.2) is 0 Å². The molecule has 4 rings (SSSR count). The highest BCUT2D eigenvalue weighted by atomic mass is 16.5. The van der Waals surface area contributed by atoms with E-state index in [1.54, 1.807) is 0 Å². The fraction of sp³-hybridized carbons (Fsp3) is 0.560. The van der Waals surface area contributed by atoms with Crippen LogP contribution in [0.5, 0.6) is 5.75 Å². The molecule has 0 unspecified atom stereocenters. The van der Waals surface area contributed by atoms with Gasteiger partial charge in [-0.1, -0.05) is 29.8 Å². The van der Waals surface area contributed by atoms with Crippen molar-refractivity contribution in [2.75, 3.05) is 33.0 Å². The largest absolute Gasteiger partial charge is 0.490 e. The Morgan fingerprint density at radius 1 is 1.07 bits per heavy atom. The number of benzene rings is 1. The number of pyridine rings is 1. The van der Waals surface area contributed by atoms with E-state index in [-0.39, 0.29) is 0 Å². The molecule has 1 aromatic carbocycles. The van der Waals surface area contributed by atoms with E-state index in [9.17, 15) is 0 Å². The predicted octanol–water partition coefficient (Wildman–Crippen LogP) is 4.25. The van der Waals surface area contributed by atoms with E-state index in [1.807, 2.05) is 12.4 Å². The maximum atomic E-state index is 5.88. The Bertz CT molecular complexity index is 776. The summed E-state index contributed by atoms with van der Waals surface area (Å²) in [7, 11) is 0. The van der Waals surface area contributed by atoms with Gasteiger partial charge in [0.2, 0.25) is 0 Å². The first-order valence-electron chi connectivity index (χ1n) is 11.3. The predicted molar refractivity (Wildman–Crippen MR) is 118 cm³/mol. The molecule has 3 atom stereocenters. The number of hydrogen-bond acceptors (Lipinski definition) is 5. The van der Waals surface area contributed by atoms with E-state index in [0.29, 0.717) is 24.5 Å². The Hall–Kier alpha value is -1.95. The summed E-state index contributed by atoms with van der Waals surface area (Å²) in [5.74, 6) is 2.23. The molecule has 2 fully saturated rings. The van der Waals surface area contributed by atoms with Crippen LogP contribution in [-0.2, 0) is 16.1 Å². The minimum absolute atomic E-state index is 0.507. The molecule has 5 nitrogen and oxygen atoms in total. The third-order valence-electron chi connectivity index (χ3n) is 6.06. The van der Waals surface area contributed by atoms with E-state index in [1.165, 1.54) is 29.5 Å². The Morgan fingerprint density at radius 3 is 2.70 bits per heavy atom. The van der Waals surface area contributed by atoms with Crippen LogP contribution in [0, 0.1) is 12.8 Å². The molecule has 0 bridgehead atoms. The zero-order valence-electron chi connectivity index (χ0n) is 18.0. The summed E-state index contributed by atoms with van der Waals surface area (Å²) in [5.41, 5.74) is 3.82. The Labute approximate surface area is 180 Å². The molecule has 1 saturated heterocycles. The minimum Gasteiger partial charge on any atom is -0.490 e.